The highest BCUT2D eigenvalue weighted by molar-refractivity contribution is 5.87. The number of carbonyl (C=O) groups excluding carboxylic acids is 1. The van der Waals surface area contributed by atoms with Crippen molar-refractivity contribution in [3.63, 3.8) is 0 Å². The first-order chi connectivity index (χ1) is 13.1. The smallest absolute Gasteiger partial charge is 0.246 e. The number of hydrogen-bond donors (Lipinski definition) is 3. The lowest BCUT2D eigenvalue weighted by molar-refractivity contribution is -0.127. The van der Waals surface area contributed by atoms with Gasteiger partial charge in [-0.1, -0.05) is 18.9 Å². The zero-order chi connectivity index (χ0) is 19.2. The molecule has 0 spiro atoms. The van der Waals surface area contributed by atoms with E-state index >= 15 is 0 Å². The highest BCUT2D eigenvalue weighted by Gasteiger charge is 2.31. The van der Waals surface area contributed by atoms with Crippen molar-refractivity contribution in [2.45, 2.75) is 63.9 Å². The van der Waals surface area contributed by atoms with E-state index in [1.807, 2.05) is 11.0 Å². The van der Waals surface area contributed by atoms with E-state index in [1.165, 1.54) is 25.7 Å². The van der Waals surface area contributed by atoms with Crippen molar-refractivity contribution in [1.82, 2.24) is 4.90 Å². The fourth-order valence-electron chi connectivity index (χ4n) is 5.55. The minimum absolute atomic E-state index is 0.0269. The number of nitrogens with two attached hydrogens (primary N) is 1. The number of nitrogens with zero attached hydrogens (tertiary/aromatic N) is 1. The van der Waals surface area contributed by atoms with Gasteiger partial charge in [0.05, 0.1) is 6.10 Å². The molecule has 2 saturated carbocycles. The van der Waals surface area contributed by atoms with Crippen molar-refractivity contribution in [1.29, 1.82) is 0 Å². The second-order valence-electron chi connectivity index (χ2n) is 9.13. The number of amides is 1. The lowest BCUT2D eigenvalue weighted by atomic mass is 9.72. The first kappa shape index (κ1) is 20.8. The molecule has 1 saturated heterocycles. The molecule has 1 aliphatic heterocycles. The molecule has 3 rings (SSSR count). The molecule has 2 aliphatic carbocycles. The third kappa shape index (κ3) is 5.55. The van der Waals surface area contributed by atoms with Crippen LogP contribution in [0.15, 0.2) is 12.2 Å². The van der Waals surface area contributed by atoms with Crippen LogP contribution in [-0.2, 0) is 4.79 Å². The van der Waals surface area contributed by atoms with Crippen molar-refractivity contribution in [3.8, 4) is 0 Å². The van der Waals surface area contributed by atoms with Gasteiger partial charge in [-0.2, -0.15) is 0 Å². The Kier molecular flexibility index (Phi) is 7.74. The summed E-state index contributed by atoms with van der Waals surface area (Å²) in [6.07, 6.45) is 13.2. The third-order valence-corrected chi connectivity index (χ3v) is 7.40. The van der Waals surface area contributed by atoms with Crippen LogP contribution in [0.1, 0.15) is 57.8 Å². The monoisotopic (exact) mass is 378 g/mol. The highest BCUT2D eigenvalue weighted by Crippen LogP contribution is 2.38. The van der Waals surface area contributed by atoms with Gasteiger partial charge >= 0.3 is 0 Å². The number of carbonyl (C=O) groups is 1. The zero-order valence-corrected chi connectivity index (χ0v) is 16.6. The number of likely N-dealkylation sites (tertiary alicyclic amines) is 1. The Morgan fingerprint density at radius 1 is 1.04 bits per heavy atom. The molecule has 5 heteroatoms. The maximum atomic E-state index is 12.6. The molecular formula is C22H38N2O3. The zero-order valence-electron chi connectivity index (χ0n) is 16.6. The number of aliphatic hydroxyl groups is 2. The average molecular weight is 379 g/mol. The van der Waals surface area contributed by atoms with Crippen molar-refractivity contribution in [2.75, 3.05) is 26.2 Å². The van der Waals surface area contributed by atoms with Gasteiger partial charge in [0.1, 0.15) is 0 Å². The Morgan fingerprint density at radius 2 is 1.81 bits per heavy atom. The van der Waals surface area contributed by atoms with E-state index in [9.17, 15) is 15.0 Å². The lowest BCUT2D eigenvalue weighted by Gasteiger charge is -2.39. The summed E-state index contributed by atoms with van der Waals surface area (Å²) in [6, 6.07) is 0. The summed E-state index contributed by atoms with van der Waals surface area (Å²) in [5, 5.41) is 19.2. The van der Waals surface area contributed by atoms with Crippen molar-refractivity contribution in [2.24, 2.45) is 35.3 Å². The first-order valence-corrected chi connectivity index (χ1v) is 11.1. The van der Waals surface area contributed by atoms with Crippen LogP contribution in [0.2, 0.25) is 0 Å². The van der Waals surface area contributed by atoms with Crippen molar-refractivity contribution in [3.05, 3.63) is 12.2 Å². The Morgan fingerprint density at radius 3 is 2.52 bits per heavy atom. The Labute approximate surface area is 164 Å². The number of aliphatic hydroxyl groups excluding tert-OH is 2. The van der Waals surface area contributed by atoms with Crippen LogP contribution < -0.4 is 5.73 Å². The molecule has 4 N–H and O–H groups in total. The van der Waals surface area contributed by atoms with Gasteiger partial charge in [0.25, 0.3) is 0 Å². The largest absolute Gasteiger partial charge is 0.396 e. The SMILES string of the molecule is NCC1CCCC(C2CCN(C(=O)/C=C/C3CCC(O)C(CO)C3)CC2)C1. The van der Waals surface area contributed by atoms with Gasteiger partial charge < -0.3 is 20.8 Å². The Balaban J connectivity index is 1.43. The molecule has 0 aromatic heterocycles. The van der Waals surface area contributed by atoms with E-state index in [0.717, 1.165) is 57.2 Å². The van der Waals surface area contributed by atoms with Gasteiger partial charge in [-0.3, -0.25) is 4.79 Å². The maximum Gasteiger partial charge on any atom is 0.246 e. The van der Waals surface area contributed by atoms with E-state index < -0.39 is 6.10 Å². The quantitative estimate of drug-likeness (QED) is 0.641. The summed E-state index contributed by atoms with van der Waals surface area (Å²) in [5.41, 5.74) is 5.89. The number of allylic oxidation sites excluding steroid dienone is 1. The molecule has 1 heterocycles. The topological polar surface area (TPSA) is 86.8 Å². The fourth-order valence-corrected chi connectivity index (χ4v) is 5.55. The van der Waals surface area contributed by atoms with Gasteiger partial charge in [-0.15, -0.1) is 0 Å². The van der Waals surface area contributed by atoms with E-state index in [2.05, 4.69) is 0 Å². The third-order valence-electron chi connectivity index (χ3n) is 7.40. The van der Waals surface area contributed by atoms with Gasteiger partial charge in [0.15, 0.2) is 0 Å². The molecule has 0 aromatic rings. The summed E-state index contributed by atoms with van der Waals surface area (Å²) < 4.78 is 0. The minimum Gasteiger partial charge on any atom is -0.396 e. The molecule has 1 amide bonds. The maximum absolute atomic E-state index is 12.6. The second kappa shape index (κ2) is 10.0. The highest BCUT2D eigenvalue weighted by atomic mass is 16.3. The predicted octanol–water partition coefficient (Wildman–Crippen LogP) is 2.32. The van der Waals surface area contributed by atoms with Crippen LogP contribution in [0.5, 0.6) is 0 Å². The van der Waals surface area contributed by atoms with Crippen LogP contribution in [0.3, 0.4) is 0 Å². The van der Waals surface area contributed by atoms with Crippen LogP contribution in [0.25, 0.3) is 0 Å². The Hall–Kier alpha value is -0.910. The van der Waals surface area contributed by atoms with Gasteiger partial charge in [0.2, 0.25) is 5.91 Å². The van der Waals surface area contributed by atoms with Crippen LogP contribution in [0.4, 0.5) is 0 Å². The van der Waals surface area contributed by atoms with Gasteiger partial charge in [-0.05, 0) is 81.2 Å². The van der Waals surface area contributed by atoms with Crippen molar-refractivity contribution >= 4 is 5.91 Å². The van der Waals surface area contributed by atoms with E-state index in [1.54, 1.807) is 6.08 Å². The standard InChI is InChI=1S/C22H38N2O3/c23-14-17-2-1-3-19(13-17)18-8-10-24(11-9-18)22(27)7-5-16-4-6-21(26)20(12-16)15-25/h5,7,16-21,25-26H,1-4,6,8-15,23H2/b7-5+. The second-order valence-corrected chi connectivity index (χ2v) is 9.13. The lowest BCUT2D eigenvalue weighted by Crippen LogP contribution is -2.40. The van der Waals surface area contributed by atoms with Crippen LogP contribution in [0, 0.1) is 29.6 Å². The van der Waals surface area contributed by atoms with E-state index in [0.29, 0.717) is 18.3 Å². The predicted molar refractivity (Wildman–Crippen MR) is 107 cm³/mol. The van der Waals surface area contributed by atoms with Gasteiger partial charge in [0, 0.05) is 25.6 Å². The molecule has 27 heavy (non-hydrogen) atoms. The molecule has 5 atom stereocenters. The van der Waals surface area contributed by atoms with Crippen molar-refractivity contribution < 1.29 is 15.0 Å². The molecule has 3 fully saturated rings. The summed E-state index contributed by atoms with van der Waals surface area (Å²) in [4.78, 5) is 14.6. The fraction of sp³-hybridized carbons (Fsp3) is 0.864. The van der Waals surface area contributed by atoms with Crippen LogP contribution >= 0.6 is 0 Å². The van der Waals surface area contributed by atoms with Crippen LogP contribution in [-0.4, -0.2) is 53.4 Å². The summed E-state index contributed by atoms with van der Waals surface area (Å²) in [6.45, 7) is 2.60. The van der Waals surface area contributed by atoms with E-state index in [4.69, 9.17) is 5.73 Å². The molecule has 0 radical (unpaired) electrons. The molecule has 154 valence electrons. The summed E-state index contributed by atoms with van der Waals surface area (Å²) in [5.74, 6) is 2.66. The summed E-state index contributed by atoms with van der Waals surface area (Å²) in [7, 11) is 0. The molecular weight excluding hydrogens is 340 g/mol. The Bertz CT molecular complexity index is 502. The molecule has 3 aliphatic rings. The number of rotatable bonds is 5. The normalized spacial score (nSPS) is 36.3. The number of hydrogen-bond acceptors (Lipinski definition) is 4. The molecule has 5 nitrogen and oxygen atoms in total. The first-order valence-electron chi connectivity index (χ1n) is 11.1. The molecule has 5 unspecified atom stereocenters. The van der Waals surface area contributed by atoms with Gasteiger partial charge in [-0.25, -0.2) is 0 Å². The molecule has 0 aromatic carbocycles. The minimum atomic E-state index is -0.395. The summed E-state index contributed by atoms with van der Waals surface area (Å²) >= 11 is 0. The van der Waals surface area contributed by atoms with E-state index in [-0.39, 0.29) is 18.4 Å². The average Bonchev–Trinajstić information content (AvgIpc) is 2.73. The molecule has 0 bridgehead atoms. The number of piperidine rings is 1.